The summed E-state index contributed by atoms with van der Waals surface area (Å²) in [7, 11) is 5.70. The van der Waals surface area contributed by atoms with Gasteiger partial charge >= 0.3 is 0 Å². The van der Waals surface area contributed by atoms with Crippen LogP contribution in [0.25, 0.3) is 0 Å². The highest BCUT2D eigenvalue weighted by Crippen LogP contribution is 2.50. The normalized spacial score (nSPS) is 50.6. The molecule has 134 valence electrons. The van der Waals surface area contributed by atoms with Crippen molar-refractivity contribution in [3.05, 3.63) is 0 Å². The van der Waals surface area contributed by atoms with Gasteiger partial charge in [-0.05, 0) is 112 Å². The molecule has 0 saturated heterocycles. The van der Waals surface area contributed by atoms with E-state index in [-0.39, 0.29) is 5.92 Å². The van der Waals surface area contributed by atoms with Crippen molar-refractivity contribution in [2.45, 2.75) is 95.2 Å². The molecule has 4 saturated carbocycles. The molecule has 0 aliphatic heterocycles. The summed E-state index contributed by atoms with van der Waals surface area (Å²) >= 11 is 0. The Kier molecular flexibility index (Phi) is 5.26. The zero-order chi connectivity index (χ0) is 16.7. The first kappa shape index (κ1) is 17.3. The van der Waals surface area contributed by atoms with Gasteiger partial charge in [0.05, 0.1) is 7.85 Å². The van der Waals surface area contributed by atoms with Crippen LogP contribution in [0.2, 0.25) is 5.82 Å². The summed E-state index contributed by atoms with van der Waals surface area (Å²) in [5.74, 6) is 3.68. The fourth-order valence-corrected chi connectivity index (χ4v) is 6.37. The second-order valence-corrected chi connectivity index (χ2v) is 9.48. The molecule has 0 amide bonds. The number of hydrogen-bond acceptors (Lipinski definition) is 0. The third kappa shape index (κ3) is 3.56. The van der Waals surface area contributed by atoms with Crippen molar-refractivity contribution in [2.75, 3.05) is 0 Å². The fraction of sp³-hybridized carbons (Fsp3) is 1.00. The predicted octanol–water partition coefficient (Wildman–Crippen LogP) is 6.05. The number of rotatable bonds is 3. The zero-order valence-corrected chi connectivity index (χ0v) is 15.0. The lowest BCUT2D eigenvalue weighted by Crippen LogP contribution is -2.40. The summed E-state index contributed by atoms with van der Waals surface area (Å²) in [4.78, 5) is 0. The standard InChI is InChI=1S/C21H33BF2/c22-19-12-11-18(20(23)21(19)24)17-9-7-16(8-10-17)15-5-3-14(4-6-15)13-1-2-13/h13-21H,1-12H2. The van der Waals surface area contributed by atoms with E-state index in [4.69, 9.17) is 7.85 Å². The van der Waals surface area contributed by atoms with Gasteiger partial charge in [-0.2, -0.15) is 0 Å². The van der Waals surface area contributed by atoms with Gasteiger partial charge in [-0.3, -0.25) is 0 Å². The minimum Gasteiger partial charge on any atom is -0.245 e. The maximum absolute atomic E-state index is 14.4. The monoisotopic (exact) mass is 334 g/mol. The van der Waals surface area contributed by atoms with E-state index in [2.05, 4.69) is 0 Å². The van der Waals surface area contributed by atoms with E-state index in [0.29, 0.717) is 12.3 Å². The Morgan fingerprint density at radius 1 is 0.458 bits per heavy atom. The Hall–Kier alpha value is -0.0751. The summed E-state index contributed by atoms with van der Waals surface area (Å²) < 4.78 is 28.3. The van der Waals surface area contributed by atoms with Crippen LogP contribution < -0.4 is 0 Å². The summed E-state index contributed by atoms with van der Waals surface area (Å²) in [5, 5.41) is 0. The fourth-order valence-electron chi connectivity index (χ4n) is 6.37. The van der Waals surface area contributed by atoms with Crippen molar-refractivity contribution in [2.24, 2.45) is 35.5 Å². The van der Waals surface area contributed by atoms with Crippen LogP contribution in [-0.4, -0.2) is 20.2 Å². The molecular formula is C21H33BF2. The van der Waals surface area contributed by atoms with E-state index < -0.39 is 18.2 Å². The average molecular weight is 334 g/mol. The highest BCUT2D eigenvalue weighted by atomic mass is 19.2. The van der Waals surface area contributed by atoms with Crippen LogP contribution in [-0.2, 0) is 0 Å². The van der Waals surface area contributed by atoms with E-state index in [1.807, 2.05) is 0 Å². The van der Waals surface area contributed by atoms with Gasteiger partial charge in [0.1, 0.15) is 12.3 Å². The van der Waals surface area contributed by atoms with Crippen LogP contribution >= 0.6 is 0 Å². The van der Waals surface area contributed by atoms with Crippen molar-refractivity contribution < 1.29 is 8.78 Å². The molecular weight excluding hydrogens is 301 g/mol. The molecule has 0 bridgehead atoms. The molecule has 0 heterocycles. The summed E-state index contributed by atoms with van der Waals surface area (Å²) in [5.41, 5.74) is 0. The Bertz CT molecular complexity index is 408. The number of halogens is 2. The quantitative estimate of drug-likeness (QED) is 0.551. The largest absolute Gasteiger partial charge is 0.245 e. The van der Waals surface area contributed by atoms with Crippen molar-refractivity contribution in [1.29, 1.82) is 0 Å². The second-order valence-electron chi connectivity index (χ2n) is 9.48. The van der Waals surface area contributed by atoms with Crippen molar-refractivity contribution >= 4 is 7.85 Å². The highest BCUT2D eigenvalue weighted by molar-refractivity contribution is 6.12. The van der Waals surface area contributed by atoms with Crippen molar-refractivity contribution in [3.8, 4) is 0 Å². The van der Waals surface area contributed by atoms with Gasteiger partial charge in [0, 0.05) is 0 Å². The lowest BCUT2D eigenvalue weighted by atomic mass is 9.62. The molecule has 4 rings (SSSR count). The first-order valence-corrected chi connectivity index (χ1v) is 10.7. The average Bonchev–Trinajstić information content (AvgIpc) is 3.46. The maximum atomic E-state index is 14.4. The van der Waals surface area contributed by atoms with Gasteiger partial charge in [-0.25, -0.2) is 8.78 Å². The molecule has 0 aromatic carbocycles. The van der Waals surface area contributed by atoms with E-state index in [1.54, 1.807) is 0 Å². The van der Waals surface area contributed by atoms with Gasteiger partial charge in [0.15, 0.2) is 0 Å². The summed E-state index contributed by atoms with van der Waals surface area (Å²) in [6.45, 7) is 0. The van der Waals surface area contributed by atoms with Crippen LogP contribution in [0, 0.1) is 35.5 Å². The molecule has 4 aliphatic carbocycles. The number of alkyl halides is 2. The molecule has 0 spiro atoms. The summed E-state index contributed by atoms with van der Waals surface area (Å²) in [6, 6.07) is 0. The number of hydrogen-bond donors (Lipinski definition) is 0. The van der Waals surface area contributed by atoms with Crippen molar-refractivity contribution in [3.63, 3.8) is 0 Å². The SMILES string of the molecule is [B]C1CCC(C2CCC(C3CCC(C4CC4)CC3)CC2)C(F)C1F. The summed E-state index contributed by atoms with van der Waals surface area (Å²) in [6.07, 6.45) is 12.3. The van der Waals surface area contributed by atoms with Crippen LogP contribution in [0.3, 0.4) is 0 Å². The van der Waals surface area contributed by atoms with E-state index in [0.717, 1.165) is 42.9 Å². The zero-order valence-electron chi connectivity index (χ0n) is 15.0. The predicted molar refractivity (Wildman–Crippen MR) is 95.6 cm³/mol. The lowest BCUT2D eigenvalue weighted by Gasteiger charge is -2.43. The van der Waals surface area contributed by atoms with E-state index in [1.165, 1.54) is 51.4 Å². The van der Waals surface area contributed by atoms with Crippen molar-refractivity contribution in [1.82, 2.24) is 0 Å². The molecule has 4 unspecified atom stereocenters. The van der Waals surface area contributed by atoms with Gasteiger partial charge in [0.25, 0.3) is 0 Å². The van der Waals surface area contributed by atoms with Crippen LogP contribution in [0.5, 0.6) is 0 Å². The van der Waals surface area contributed by atoms with E-state index >= 15 is 0 Å². The third-order valence-electron chi connectivity index (χ3n) is 8.15. The minimum absolute atomic E-state index is 0.0636. The van der Waals surface area contributed by atoms with Crippen LogP contribution in [0.4, 0.5) is 8.78 Å². The molecule has 0 aromatic heterocycles. The Balaban J connectivity index is 1.25. The topological polar surface area (TPSA) is 0 Å². The molecule has 0 N–H and O–H groups in total. The molecule has 2 radical (unpaired) electrons. The van der Waals surface area contributed by atoms with Crippen LogP contribution in [0.15, 0.2) is 0 Å². The lowest BCUT2D eigenvalue weighted by molar-refractivity contribution is 0.0160. The molecule has 3 heteroatoms. The smallest absolute Gasteiger partial charge is 0.134 e. The second kappa shape index (κ2) is 7.27. The first-order chi connectivity index (χ1) is 11.6. The van der Waals surface area contributed by atoms with Gasteiger partial charge in [-0.1, -0.05) is 6.42 Å². The molecule has 4 aliphatic rings. The highest BCUT2D eigenvalue weighted by Gasteiger charge is 2.43. The third-order valence-corrected chi connectivity index (χ3v) is 8.15. The maximum Gasteiger partial charge on any atom is 0.134 e. The molecule has 4 atom stereocenters. The molecule has 4 fully saturated rings. The minimum atomic E-state index is -1.43. The Morgan fingerprint density at radius 3 is 1.25 bits per heavy atom. The Morgan fingerprint density at radius 2 is 0.833 bits per heavy atom. The molecule has 0 aromatic rings. The molecule has 24 heavy (non-hydrogen) atoms. The van der Waals surface area contributed by atoms with Gasteiger partial charge < -0.3 is 0 Å². The van der Waals surface area contributed by atoms with Crippen LogP contribution in [0.1, 0.15) is 77.0 Å². The first-order valence-electron chi connectivity index (χ1n) is 10.7. The molecule has 0 nitrogen and oxygen atoms in total. The van der Waals surface area contributed by atoms with E-state index in [9.17, 15) is 8.78 Å². The van der Waals surface area contributed by atoms with Gasteiger partial charge in [-0.15, -0.1) is 0 Å². The van der Waals surface area contributed by atoms with Gasteiger partial charge in [0.2, 0.25) is 0 Å². The Labute approximate surface area is 147 Å².